The summed E-state index contributed by atoms with van der Waals surface area (Å²) in [6, 6.07) is 5.61. The van der Waals surface area contributed by atoms with Crippen molar-refractivity contribution in [1.82, 2.24) is 20.0 Å². The number of hydrogen-bond acceptors (Lipinski definition) is 5. The lowest BCUT2D eigenvalue weighted by molar-refractivity contribution is -0.135. The van der Waals surface area contributed by atoms with Gasteiger partial charge in [0.15, 0.2) is 5.96 Å². The maximum absolute atomic E-state index is 13.0. The molecule has 186 valence electrons. The van der Waals surface area contributed by atoms with E-state index in [2.05, 4.69) is 20.1 Å². The third kappa shape index (κ3) is 8.25. The largest absolute Gasteiger partial charge is 0.491 e. The number of carbonyl (C=O) groups is 1. The highest BCUT2D eigenvalue weighted by Gasteiger charge is 2.30. The molecule has 1 aromatic carbocycles. The molecule has 1 aromatic rings. The van der Waals surface area contributed by atoms with Crippen LogP contribution in [-0.4, -0.2) is 103 Å². The third-order valence-electron chi connectivity index (χ3n) is 5.98. The zero-order valence-corrected chi connectivity index (χ0v) is 21.9. The first-order valence-corrected chi connectivity index (χ1v) is 11.6. The molecule has 2 fully saturated rings. The van der Waals surface area contributed by atoms with E-state index in [1.807, 2.05) is 18.7 Å². The van der Waals surface area contributed by atoms with E-state index >= 15 is 0 Å². The molecule has 1 amide bonds. The van der Waals surface area contributed by atoms with Gasteiger partial charge in [-0.1, -0.05) is 0 Å². The van der Waals surface area contributed by atoms with Crippen molar-refractivity contribution in [2.24, 2.45) is 4.99 Å². The predicted octanol–water partition coefficient (Wildman–Crippen LogP) is 1.78. The quantitative estimate of drug-likeness (QED) is 0.279. The van der Waals surface area contributed by atoms with Gasteiger partial charge in [-0.05, 0) is 51.0 Å². The Bertz CT molecular complexity index is 753. The summed E-state index contributed by atoms with van der Waals surface area (Å²) in [5, 5.41) is 13.5. The van der Waals surface area contributed by atoms with Gasteiger partial charge >= 0.3 is 0 Å². The number of halogens is 2. The van der Waals surface area contributed by atoms with E-state index in [4.69, 9.17) is 4.74 Å². The number of hydrogen-bond donors (Lipinski definition) is 2. The van der Waals surface area contributed by atoms with Crippen LogP contribution in [0.3, 0.4) is 0 Å². The average molecular weight is 577 g/mol. The van der Waals surface area contributed by atoms with E-state index < -0.39 is 6.10 Å². The van der Waals surface area contributed by atoms with E-state index in [0.29, 0.717) is 5.75 Å². The average Bonchev–Trinajstić information content (AvgIpc) is 3.35. The van der Waals surface area contributed by atoms with Gasteiger partial charge in [0.05, 0.1) is 12.6 Å². The van der Waals surface area contributed by atoms with Crippen LogP contribution in [0.5, 0.6) is 5.75 Å². The van der Waals surface area contributed by atoms with Crippen LogP contribution in [0.15, 0.2) is 29.3 Å². The molecule has 0 radical (unpaired) electrons. The standard InChI is InChI=1S/C23H36FN5O3.HI/c1-3-25-23(26-16-20(30)17-32-21-8-6-19(24)7-9-21)29-14-12-27(13-15-29)18(2)22(31)28-10-4-5-11-28;/h6-9,18,20,30H,3-5,10-17H2,1-2H3,(H,25,26);1H. The van der Waals surface area contributed by atoms with E-state index in [-0.39, 0.29) is 54.9 Å². The lowest BCUT2D eigenvalue weighted by atomic mass is 10.2. The SMILES string of the molecule is CCNC(=NCC(O)COc1ccc(F)cc1)N1CCN(C(C)C(=O)N2CCCC2)CC1.I. The molecule has 2 aliphatic rings. The Morgan fingerprint density at radius 1 is 1.12 bits per heavy atom. The van der Waals surface area contributed by atoms with Crippen molar-refractivity contribution >= 4 is 35.8 Å². The molecule has 0 aliphatic carbocycles. The number of amides is 1. The van der Waals surface area contributed by atoms with Gasteiger partial charge in [0, 0.05) is 45.8 Å². The minimum Gasteiger partial charge on any atom is -0.491 e. The molecule has 0 spiro atoms. The Kier molecular flexibility index (Phi) is 11.6. The number of aliphatic hydroxyl groups excluding tert-OH is 1. The molecule has 0 bridgehead atoms. The molecule has 10 heteroatoms. The first-order chi connectivity index (χ1) is 15.5. The molecule has 8 nitrogen and oxygen atoms in total. The van der Waals surface area contributed by atoms with Crippen molar-refractivity contribution < 1.29 is 19.0 Å². The Morgan fingerprint density at radius 3 is 2.36 bits per heavy atom. The number of carbonyl (C=O) groups excluding carboxylic acids is 1. The highest BCUT2D eigenvalue weighted by molar-refractivity contribution is 14.0. The van der Waals surface area contributed by atoms with Crippen molar-refractivity contribution in [3.8, 4) is 5.75 Å². The first-order valence-electron chi connectivity index (χ1n) is 11.6. The van der Waals surface area contributed by atoms with Gasteiger partial charge in [-0.25, -0.2) is 4.39 Å². The third-order valence-corrected chi connectivity index (χ3v) is 5.98. The van der Waals surface area contributed by atoms with Gasteiger partial charge in [0.25, 0.3) is 0 Å². The van der Waals surface area contributed by atoms with Crippen LogP contribution >= 0.6 is 24.0 Å². The molecule has 2 aliphatic heterocycles. The predicted molar refractivity (Wildman–Crippen MR) is 138 cm³/mol. The number of ether oxygens (including phenoxy) is 1. The van der Waals surface area contributed by atoms with Gasteiger partial charge in [0.2, 0.25) is 5.91 Å². The number of guanidine groups is 1. The second-order valence-electron chi connectivity index (χ2n) is 8.34. The summed E-state index contributed by atoms with van der Waals surface area (Å²) in [4.78, 5) is 23.7. The summed E-state index contributed by atoms with van der Waals surface area (Å²) in [5.41, 5.74) is 0. The topological polar surface area (TPSA) is 80.6 Å². The summed E-state index contributed by atoms with van der Waals surface area (Å²) in [6.07, 6.45) is 1.44. The summed E-state index contributed by atoms with van der Waals surface area (Å²) < 4.78 is 18.5. The van der Waals surface area contributed by atoms with Crippen LogP contribution in [0.25, 0.3) is 0 Å². The van der Waals surface area contributed by atoms with Crippen molar-refractivity contribution in [1.29, 1.82) is 0 Å². The minimum absolute atomic E-state index is 0. The van der Waals surface area contributed by atoms with E-state index in [9.17, 15) is 14.3 Å². The molecule has 33 heavy (non-hydrogen) atoms. The number of aliphatic imine (C=N–C) groups is 1. The lowest BCUT2D eigenvalue weighted by Crippen LogP contribution is -2.57. The summed E-state index contributed by atoms with van der Waals surface area (Å²) in [7, 11) is 0. The Morgan fingerprint density at radius 2 is 1.76 bits per heavy atom. The van der Waals surface area contributed by atoms with Crippen LogP contribution in [0.4, 0.5) is 4.39 Å². The number of nitrogens with one attached hydrogen (secondary N) is 1. The zero-order chi connectivity index (χ0) is 22.9. The summed E-state index contributed by atoms with van der Waals surface area (Å²) in [6.45, 7) is 9.92. The van der Waals surface area contributed by atoms with Crippen molar-refractivity contribution in [2.75, 3.05) is 59.0 Å². The van der Waals surface area contributed by atoms with Gasteiger partial charge in [-0.2, -0.15) is 0 Å². The van der Waals surface area contributed by atoms with Crippen LogP contribution in [0, 0.1) is 5.82 Å². The molecule has 0 saturated carbocycles. The highest BCUT2D eigenvalue weighted by atomic mass is 127. The maximum atomic E-state index is 13.0. The van der Waals surface area contributed by atoms with Gasteiger partial charge in [-0.3, -0.25) is 14.7 Å². The molecular weight excluding hydrogens is 540 g/mol. The second-order valence-corrected chi connectivity index (χ2v) is 8.34. The fourth-order valence-electron chi connectivity index (χ4n) is 4.07. The minimum atomic E-state index is -0.770. The van der Waals surface area contributed by atoms with Gasteiger partial charge < -0.3 is 25.0 Å². The van der Waals surface area contributed by atoms with Crippen LogP contribution in [0.2, 0.25) is 0 Å². The normalized spacial score (nSPS) is 19.1. The molecular formula is C23H37FIN5O3. The summed E-state index contributed by atoms with van der Waals surface area (Å²) in [5.74, 6) is 1.18. The number of rotatable bonds is 8. The number of nitrogens with zero attached hydrogens (tertiary/aromatic N) is 4. The van der Waals surface area contributed by atoms with Crippen molar-refractivity contribution in [3.05, 3.63) is 30.1 Å². The number of piperazine rings is 1. The maximum Gasteiger partial charge on any atom is 0.239 e. The second kappa shape index (κ2) is 13.9. The Hall–Kier alpha value is -1.66. The molecule has 2 N–H and O–H groups in total. The number of likely N-dealkylation sites (tertiary alicyclic amines) is 1. The molecule has 2 saturated heterocycles. The van der Waals surface area contributed by atoms with Crippen LogP contribution < -0.4 is 10.1 Å². The fourth-order valence-corrected chi connectivity index (χ4v) is 4.07. The molecule has 2 heterocycles. The molecule has 2 unspecified atom stereocenters. The fraction of sp³-hybridized carbons (Fsp3) is 0.652. The zero-order valence-electron chi connectivity index (χ0n) is 19.6. The molecule has 2 atom stereocenters. The Labute approximate surface area is 213 Å². The molecule has 0 aromatic heterocycles. The lowest BCUT2D eigenvalue weighted by Gasteiger charge is -2.39. The molecule has 3 rings (SSSR count). The van der Waals surface area contributed by atoms with E-state index in [1.165, 1.54) is 24.3 Å². The van der Waals surface area contributed by atoms with Crippen LogP contribution in [0.1, 0.15) is 26.7 Å². The van der Waals surface area contributed by atoms with E-state index in [0.717, 1.165) is 64.6 Å². The summed E-state index contributed by atoms with van der Waals surface area (Å²) >= 11 is 0. The first kappa shape index (κ1) is 27.6. The smallest absolute Gasteiger partial charge is 0.239 e. The van der Waals surface area contributed by atoms with Gasteiger partial charge in [0.1, 0.15) is 24.3 Å². The monoisotopic (exact) mass is 577 g/mol. The van der Waals surface area contributed by atoms with E-state index in [1.54, 1.807) is 0 Å². The number of benzene rings is 1. The number of aliphatic hydroxyl groups is 1. The van der Waals surface area contributed by atoms with Crippen molar-refractivity contribution in [3.63, 3.8) is 0 Å². The Balaban J connectivity index is 0.00000385. The van der Waals surface area contributed by atoms with Gasteiger partial charge in [-0.15, -0.1) is 24.0 Å². The van der Waals surface area contributed by atoms with Crippen LogP contribution in [-0.2, 0) is 4.79 Å². The van der Waals surface area contributed by atoms with Crippen molar-refractivity contribution in [2.45, 2.75) is 38.8 Å². The highest BCUT2D eigenvalue weighted by Crippen LogP contribution is 2.14.